The zero-order valence-electron chi connectivity index (χ0n) is 16.1. The topological polar surface area (TPSA) is 64.6 Å². The highest BCUT2D eigenvalue weighted by atomic mass is 32.1. The number of anilines is 1. The van der Waals surface area contributed by atoms with E-state index in [-0.39, 0.29) is 24.9 Å². The third-order valence-electron chi connectivity index (χ3n) is 4.32. The lowest BCUT2D eigenvalue weighted by molar-refractivity contribution is -0.120. The maximum Gasteiger partial charge on any atom is 0.267 e. The second-order valence-electron chi connectivity index (χ2n) is 6.38. The van der Waals surface area contributed by atoms with Crippen LogP contribution in [0.15, 0.2) is 66.9 Å². The van der Waals surface area contributed by atoms with Crippen LogP contribution in [0.3, 0.4) is 0 Å². The number of methoxy groups -OCH3 is 1. The number of halogens is 1. The SMILES string of the molecule is COc1cccc(OCC(=O)N(Cc2ccccn2)c2nc3ccc(F)cc3s2)c1. The molecular formula is C22H18FN3O3S. The predicted molar refractivity (Wildman–Crippen MR) is 113 cm³/mol. The van der Waals surface area contributed by atoms with Crippen molar-refractivity contribution in [2.24, 2.45) is 0 Å². The standard InChI is InChI=1S/C22H18FN3O3S/c1-28-17-6-4-7-18(12-17)29-14-21(27)26(13-16-5-2-3-10-24-16)22-25-19-9-8-15(23)11-20(19)30-22/h2-12H,13-14H2,1H3. The molecule has 0 bridgehead atoms. The molecule has 2 heterocycles. The molecule has 0 atom stereocenters. The lowest BCUT2D eigenvalue weighted by Gasteiger charge is -2.19. The van der Waals surface area contributed by atoms with Crippen LogP contribution in [-0.4, -0.2) is 29.6 Å². The van der Waals surface area contributed by atoms with E-state index in [4.69, 9.17) is 9.47 Å². The van der Waals surface area contributed by atoms with Crippen LogP contribution >= 0.6 is 11.3 Å². The zero-order chi connectivity index (χ0) is 20.9. The van der Waals surface area contributed by atoms with Crippen molar-refractivity contribution in [2.75, 3.05) is 18.6 Å². The van der Waals surface area contributed by atoms with E-state index in [1.54, 1.807) is 43.6 Å². The van der Waals surface area contributed by atoms with Crippen molar-refractivity contribution in [3.63, 3.8) is 0 Å². The molecule has 0 spiro atoms. The monoisotopic (exact) mass is 423 g/mol. The summed E-state index contributed by atoms with van der Waals surface area (Å²) in [4.78, 5) is 23.4. The number of rotatable bonds is 7. The van der Waals surface area contributed by atoms with Gasteiger partial charge in [-0.15, -0.1) is 0 Å². The quantitative estimate of drug-likeness (QED) is 0.439. The predicted octanol–water partition coefficient (Wildman–Crippen LogP) is 4.45. The van der Waals surface area contributed by atoms with Gasteiger partial charge in [0.25, 0.3) is 5.91 Å². The number of hydrogen-bond acceptors (Lipinski definition) is 6. The Morgan fingerprint density at radius 3 is 2.77 bits per heavy atom. The molecule has 4 aromatic rings. The maximum absolute atomic E-state index is 13.6. The second kappa shape index (κ2) is 8.87. The largest absolute Gasteiger partial charge is 0.497 e. The van der Waals surface area contributed by atoms with Gasteiger partial charge >= 0.3 is 0 Å². The van der Waals surface area contributed by atoms with E-state index in [1.807, 2.05) is 18.2 Å². The van der Waals surface area contributed by atoms with Crippen LogP contribution in [0.5, 0.6) is 11.5 Å². The molecule has 0 fully saturated rings. The number of thiazole rings is 1. The Morgan fingerprint density at radius 2 is 1.97 bits per heavy atom. The number of amides is 1. The third kappa shape index (κ3) is 4.55. The van der Waals surface area contributed by atoms with Gasteiger partial charge < -0.3 is 9.47 Å². The highest BCUT2D eigenvalue weighted by molar-refractivity contribution is 7.22. The van der Waals surface area contributed by atoms with Gasteiger partial charge in [0.1, 0.15) is 17.3 Å². The summed E-state index contributed by atoms with van der Waals surface area (Å²) >= 11 is 1.25. The fraction of sp³-hybridized carbons (Fsp3) is 0.136. The summed E-state index contributed by atoms with van der Waals surface area (Å²) in [6, 6.07) is 16.9. The molecule has 0 radical (unpaired) electrons. The van der Waals surface area contributed by atoms with Crippen LogP contribution in [0.2, 0.25) is 0 Å². The van der Waals surface area contributed by atoms with Crippen LogP contribution in [-0.2, 0) is 11.3 Å². The number of pyridine rings is 1. The fourth-order valence-corrected chi connectivity index (χ4v) is 3.84. The Balaban J connectivity index is 1.59. The van der Waals surface area contributed by atoms with Crippen LogP contribution in [0.1, 0.15) is 5.69 Å². The molecule has 152 valence electrons. The summed E-state index contributed by atoms with van der Waals surface area (Å²) in [5.74, 6) is 0.523. The van der Waals surface area contributed by atoms with E-state index in [0.717, 1.165) is 0 Å². The molecule has 0 aliphatic heterocycles. The van der Waals surface area contributed by atoms with Gasteiger partial charge in [-0.3, -0.25) is 14.7 Å². The van der Waals surface area contributed by atoms with Crippen molar-refractivity contribution in [1.29, 1.82) is 0 Å². The van der Waals surface area contributed by atoms with Crippen molar-refractivity contribution in [2.45, 2.75) is 6.54 Å². The van der Waals surface area contributed by atoms with E-state index >= 15 is 0 Å². The molecule has 1 amide bonds. The minimum absolute atomic E-state index is 0.190. The number of hydrogen-bond donors (Lipinski definition) is 0. The molecule has 0 aliphatic carbocycles. The molecule has 0 N–H and O–H groups in total. The van der Waals surface area contributed by atoms with Crippen molar-refractivity contribution < 1.29 is 18.7 Å². The number of aromatic nitrogens is 2. The highest BCUT2D eigenvalue weighted by Gasteiger charge is 2.21. The highest BCUT2D eigenvalue weighted by Crippen LogP contribution is 2.30. The number of nitrogens with zero attached hydrogens (tertiary/aromatic N) is 3. The van der Waals surface area contributed by atoms with Gasteiger partial charge in [-0.2, -0.15) is 0 Å². The molecule has 4 rings (SSSR count). The minimum atomic E-state index is -0.346. The molecule has 2 aromatic carbocycles. The lowest BCUT2D eigenvalue weighted by Crippen LogP contribution is -2.34. The average molecular weight is 423 g/mol. The molecular weight excluding hydrogens is 405 g/mol. The molecule has 2 aromatic heterocycles. The Hall–Kier alpha value is -3.52. The van der Waals surface area contributed by atoms with E-state index in [9.17, 15) is 9.18 Å². The normalized spacial score (nSPS) is 10.7. The Morgan fingerprint density at radius 1 is 1.10 bits per heavy atom. The zero-order valence-corrected chi connectivity index (χ0v) is 16.9. The van der Waals surface area contributed by atoms with Crippen molar-refractivity contribution in [3.05, 3.63) is 78.4 Å². The smallest absolute Gasteiger partial charge is 0.267 e. The van der Waals surface area contributed by atoms with Gasteiger partial charge in [-0.1, -0.05) is 23.5 Å². The first-order chi connectivity index (χ1) is 14.6. The first-order valence-electron chi connectivity index (χ1n) is 9.15. The second-order valence-corrected chi connectivity index (χ2v) is 7.39. The third-order valence-corrected chi connectivity index (χ3v) is 5.36. The summed E-state index contributed by atoms with van der Waals surface area (Å²) in [6.07, 6.45) is 1.67. The number of benzene rings is 2. The van der Waals surface area contributed by atoms with Gasteiger partial charge in [0.2, 0.25) is 0 Å². The lowest BCUT2D eigenvalue weighted by atomic mass is 10.3. The molecule has 0 unspecified atom stereocenters. The summed E-state index contributed by atoms with van der Waals surface area (Å²) in [5, 5.41) is 0.459. The van der Waals surface area contributed by atoms with Gasteiger partial charge in [-0.25, -0.2) is 9.37 Å². The number of ether oxygens (including phenoxy) is 2. The van der Waals surface area contributed by atoms with E-state index < -0.39 is 0 Å². The first-order valence-corrected chi connectivity index (χ1v) is 9.97. The van der Waals surface area contributed by atoms with Crippen LogP contribution in [0, 0.1) is 5.82 Å². The van der Waals surface area contributed by atoms with Crippen molar-refractivity contribution in [3.8, 4) is 11.5 Å². The van der Waals surface area contributed by atoms with Crippen LogP contribution < -0.4 is 14.4 Å². The van der Waals surface area contributed by atoms with E-state index in [1.165, 1.54) is 28.4 Å². The maximum atomic E-state index is 13.6. The minimum Gasteiger partial charge on any atom is -0.497 e. The number of carbonyl (C=O) groups excluding carboxylic acids is 1. The van der Waals surface area contributed by atoms with Gasteiger partial charge in [0.05, 0.1) is 29.6 Å². The summed E-state index contributed by atoms with van der Waals surface area (Å²) in [5.41, 5.74) is 1.33. The van der Waals surface area contributed by atoms with Crippen LogP contribution in [0.4, 0.5) is 9.52 Å². The molecule has 6 nitrogen and oxygen atoms in total. The molecule has 0 saturated heterocycles. The van der Waals surface area contributed by atoms with Crippen LogP contribution in [0.25, 0.3) is 10.2 Å². The van der Waals surface area contributed by atoms with Crippen molar-refractivity contribution >= 4 is 32.6 Å². The molecule has 0 saturated carbocycles. The van der Waals surface area contributed by atoms with Gasteiger partial charge in [-0.05, 0) is 42.5 Å². The summed E-state index contributed by atoms with van der Waals surface area (Å²) < 4.78 is 25.1. The first kappa shape index (κ1) is 19.8. The number of carbonyl (C=O) groups is 1. The van der Waals surface area contributed by atoms with Gasteiger partial charge in [0.15, 0.2) is 11.7 Å². The molecule has 8 heteroatoms. The van der Waals surface area contributed by atoms with E-state index in [2.05, 4.69) is 9.97 Å². The molecule has 30 heavy (non-hydrogen) atoms. The number of fused-ring (bicyclic) bond motifs is 1. The Labute approximate surface area is 176 Å². The summed E-state index contributed by atoms with van der Waals surface area (Å²) in [6.45, 7) is 0.0355. The Bertz CT molecular complexity index is 1170. The van der Waals surface area contributed by atoms with E-state index in [0.29, 0.717) is 32.5 Å². The summed E-state index contributed by atoms with van der Waals surface area (Å²) in [7, 11) is 1.56. The van der Waals surface area contributed by atoms with Crippen molar-refractivity contribution in [1.82, 2.24) is 9.97 Å². The average Bonchev–Trinajstić information content (AvgIpc) is 3.19. The molecule has 0 aliphatic rings. The fourth-order valence-electron chi connectivity index (χ4n) is 2.83. The Kier molecular flexibility index (Phi) is 5.85. The van der Waals surface area contributed by atoms with Gasteiger partial charge in [0, 0.05) is 12.3 Å².